The van der Waals surface area contributed by atoms with E-state index in [1.54, 1.807) is 0 Å². The molecular formula is C15H22N2O2S2. The molecule has 0 aliphatic carbocycles. The Morgan fingerprint density at radius 3 is 2.86 bits per heavy atom. The number of β-amino-alcohol motifs (C(OH)–C–C–N with tert-alkyl or cyclic N) is 1. The molecule has 1 aromatic rings. The molecule has 0 amide bonds. The topological polar surface area (TPSA) is 58.7 Å². The van der Waals surface area contributed by atoms with E-state index >= 15 is 0 Å². The van der Waals surface area contributed by atoms with Crippen molar-refractivity contribution in [1.82, 2.24) is 4.90 Å². The summed E-state index contributed by atoms with van der Waals surface area (Å²) in [6.07, 6.45) is -0.476. The SMILES string of the molecule is CC1CN(CC(O)COc2ccc(C(N)=S)cc2)CCS1. The molecule has 4 nitrogen and oxygen atoms in total. The van der Waals surface area contributed by atoms with E-state index in [1.165, 1.54) is 0 Å². The molecule has 3 N–H and O–H groups in total. The second-order valence-corrected chi connectivity index (χ2v) is 7.28. The van der Waals surface area contributed by atoms with Crippen LogP contribution in [0, 0.1) is 0 Å². The molecule has 2 atom stereocenters. The molecule has 1 aromatic carbocycles. The van der Waals surface area contributed by atoms with E-state index in [0.717, 1.165) is 30.2 Å². The van der Waals surface area contributed by atoms with Crippen molar-refractivity contribution < 1.29 is 9.84 Å². The molecule has 1 saturated heterocycles. The van der Waals surface area contributed by atoms with Crippen molar-refractivity contribution in [2.75, 3.05) is 32.0 Å². The molecule has 21 heavy (non-hydrogen) atoms. The van der Waals surface area contributed by atoms with Gasteiger partial charge in [-0.05, 0) is 24.3 Å². The zero-order valence-corrected chi connectivity index (χ0v) is 13.8. The second kappa shape index (κ2) is 7.98. The van der Waals surface area contributed by atoms with Crippen LogP contribution in [0.3, 0.4) is 0 Å². The highest BCUT2D eigenvalue weighted by molar-refractivity contribution is 7.99. The van der Waals surface area contributed by atoms with E-state index in [0.29, 0.717) is 23.4 Å². The molecule has 0 radical (unpaired) electrons. The van der Waals surface area contributed by atoms with Gasteiger partial charge in [-0.1, -0.05) is 19.1 Å². The Kier molecular flexibility index (Phi) is 6.29. The van der Waals surface area contributed by atoms with E-state index in [9.17, 15) is 5.11 Å². The number of thioether (sulfide) groups is 1. The molecule has 1 fully saturated rings. The molecule has 0 bridgehead atoms. The van der Waals surface area contributed by atoms with Gasteiger partial charge >= 0.3 is 0 Å². The average molecular weight is 326 g/mol. The summed E-state index contributed by atoms with van der Waals surface area (Å²) in [4.78, 5) is 2.67. The third kappa shape index (κ3) is 5.47. The maximum absolute atomic E-state index is 10.1. The van der Waals surface area contributed by atoms with Gasteiger partial charge in [0.2, 0.25) is 0 Å². The summed E-state index contributed by atoms with van der Waals surface area (Å²) in [5.74, 6) is 1.85. The largest absolute Gasteiger partial charge is 0.491 e. The smallest absolute Gasteiger partial charge is 0.119 e. The van der Waals surface area contributed by atoms with Crippen LogP contribution in [0.15, 0.2) is 24.3 Å². The first-order valence-corrected chi connectivity index (χ1v) is 8.55. The lowest BCUT2D eigenvalue weighted by atomic mass is 10.2. The summed E-state index contributed by atoms with van der Waals surface area (Å²) in [6, 6.07) is 7.29. The fourth-order valence-corrected chi connectivity index (χ4v) is 3.53. The van der Waals surface area contributed by atoms with Gasteiger partial charge in [0.05, 0.1) is 0 Å². The quantitative estimate of drug-likeness (QED) is 0.773. The van der Waals surface area contributed by atoms with E-state index in [-0.39, 0.29) is 0 Å². The number of aliphatic hydroxyl groups is 1. The lowest BCUT2D eigenvalue weighted by Crippen LogP contribution is -2.42. The zero-order chi connectivity index (χ0) is 15.2. The van der Waals surface area contributed by atoms with Gasteiger partial charge in [-0.3, -0.25) is 4.90 Å². The van der Waals surface area contributed by atoms with Crippen molar-refractivity contribution in [3.8, 4) is 5.75 Å². The lowest BCUT2D eigenvalue weighted by molar-refractivity contribution is 0.0697. The third-order valence-corrected chi connectivity index (χ3v) is 4.75. The summed E-state index contributed by atoms with van der Waals surface area (Å²) >= 11 is 6.89. The molecule has 1 aliphatic heterocycles. The van der Waals surface area contributed by atoms with Crippen molar-refractivity contribution >= 4 is 29.0 Å². The van der Waals surface area contributed by atoms with Crippen LogP contribution in [-0.2, 0) is 0 Å². The first-order valence-electron chi connectivity index (χ1n) is 7.09. The minimum Gasteiger partial charge on any atom is -0.491 e. The third-order valence-electron chi connectivity index (χ3n) is 3.38. The summed E-state index contributed by atoms with van der Waals surface area (Å²) in [5.41, 5.74) is 6.36. The molecule has 1 heterocycles. The van der Waals surface area contributed by atoms with Crippen molar-refractivity contribution in [1.29, 1.82) is 0 Å². The fraction of sp³-hybridized carbons (Fsp3) is 0.533. The van der Waals surface area contributed by atoms with E-state index in [2.05, 4.69) is 11.8 Å². The maximum atomic E-state index is 10.1. The van der Waals surface area contributed by atoms with Gasteiger partial charge in [-0.2, -0.15) is 11.8 Å². The predicted octanol–water partition coefficient (Wildman–Crippen LogP) is 1.50. The van der Waals surface area contributed by atoms with Gasteiger partial charge in [0, 0.05) is 36.2 Å². The highest BCUT2D eigenvalue weighted by atomic mass is 32.2. The Morgan fingerprint density at radius 2 is 2.24 bits per heavy atom. The number of thiocarbonyl (C=S) groups is 1. The van der Waals surface area contributed by atoms with Crippen molar-refractivity contribution in [3.63, 3.8) is 0 Å². The molecule has 2 rings (SSSR count). The van der Waals surface area contributed by atoms with Crippen LogP contribution in [0.4, 0.5) is 0 Å². The number of benzene rings is 1. The summed E-state index contributed by atoms with van der Waals surface area (Å²) < 4.78 is 5.60. The van der Waals surface area contributed by atoms with Crippen molar-refractivity contribution in [2.45, 2.75) is 18.3 Å². The van der Waals surface area contributed by atoms with E-state index < -0.39 is 6.10 Å². The molecule has 0 aromatic heterocycles. The number of ether oxygens (including phenoxy) is 1. The Morgan fingerprint density at radius 1 is 1.52 bits per heavy atom. The molecule has 0 spiro atoms. The van der Waals surface area contributed by atoms with Crippen LogP contribution in [0.5, 0.6) is 5.75 Å². The number of hydrogen-bond acceptors (Lipinski definition) is 5. The molecule has 0 saturated carbocycles. The zero-order valence-electron chi connectivity index (χ0n) is 12.2. The Hall–Kier alpha value is -0.820. The van der Waals surface area contributed by atoms with Crippen LogP contribution in [0.2, 0.25) is 0 Å². The summed E-state index contributed by atoms with van der Waals surface area (Å²) in [7, 11) is 0. The number of aliphatic hydroxyl groups excluding tert-OH is 1. The van der Waals surface area contributed by atoms with Crippen molar-refractivity contribution in [2.24, 2.45) is 5.73 Å². The minimum absolute atomic E-state index is 0.296. The Labute approximate surface area is 135 Å². The number of nitrogens with two attached hydrogens (primary N) is 1. The summed E-state index contributed by atoms with van der Waals surface area (Å²) in [5, 5.41) is 10.7. The average Bonchev–Trinajstić information content (AvgIpc) is 2.45. The normalized spacial score (nSPS) is 21.0. The van der Waals surface area contributed by atoms with Gasteiger partial charge in [0.1, 0.15) is 23.4 Å². The first kappa shape index (κ1) is 16.5. The molecule has 6 heteroatoms. The Bertz CT molecular complexity index is 467. The summed E-state index contributed by atoms with van der Waals surface area (Å²) in [6.45, 7) is 5.25. The standard InChI is InChI=1S/C15H22N2O2S2/c1-11-8-17(6-7-21-11)9-13(18)10-19-14-4-2-12(3-5-14)15(16)20/h2-5,11,13,18H,6-10H2,1H3,(H2,16,20). The van der Waals surface area contributed by atoms with Gasteiger partial charge < -0.3 is 15.6 Å². The van der Waals surface area contributed by atoms with Gasteiger partial charge in [0.25, 0.3) is 0 Å². The monoisotopic (exact) mass is 326 g/mol. The first-order chi connectivity index (χ1) is 10.0. The van der Waals surface area contributed by atoms with Crippen LogP contribution in [-0.4, -0.2) is 58.3 Å². The lowest BCUT2D eigenvalue weighted by Gasteiger charge is -2.31. The van der Waals surface area contributed by atoms with Crippen LogP contribution in [0.25, 0.3) is 0 Å². The number of rotatable bonds is 6. The van der Waals surface area contributed by atoms with Crippen LogP contribution in [0.1, 0.15) is 12.5 Å². The molecular weight excluding hydrogens is 304 g/mol. The molecule has 2 unspecified atom stereocenters. The van der Waals surface area contributed by atoms with Crippen LogP contribution < -0.4 is 10.5 Å². The number of hydrogen-bond donors (Lipinski definition) is 2. The molecule has 116 valence electrons. The highest BCUT2D eigenvalue weighted by Gasteiger charge is 2.19. The van der Waals surface area contributed by atoms with Gasteiger partial charge in [-0.15, -0.1) is 0 Å². The predicted molar refractivity (Wildman–Crippen MR) is 92.2 cm³/mol. The van der Waals surface area contributed by atoms with E-state index in [1.807, 2.05) is 36.0 Å². The van der Waals surface area contributed by atoms with Crippen LogP contribution >= 0.6 is 24.0 Å². The minimum atomic E-state index is -0.476. The highest BCUT2D eigenvalue weighted by Crippen LogP contribution is 2.18. The fourth-order valence-electron chi connectivity index (χ4n) is 2.32. The van der Waals surface area contributed by atoms with Crippen molar-refractivity contribution in [3.05, 3.63) is 29.8 Å². The van der Waals surface area contributed by atoms with Gasteiger partial charge in [0.15, 0.2) is 0 Å². The van der Waals surface area contributed by atoms with Gasteiger partial charge in [-0.25, -0.2) is 0 Å². The molecule has 1 aliphatic rings. The van der Waals surface area contributed by atoms with E-state index in [4.69, 9.17) is 22.7 Å². The second-order valence-electron chi connectivity index (χ2n) is 5.29. The Balaban J connectivity index is 1.75. The number of nitrogens with zero attached hydrogens (tertiary/aromatic N) is 1. The maximum Gasteiger partial charge on any atom is 0.119 e.